The lowest BCUT2D eigenvalue weighted by Crippen LogP contribution is -2.29. The summed E-state index contributed by atoms with van der Waals surface area (Å²) >= 11 is 0. The van der Waals surface area contributed by atoms with Crippen LogP contribution in [-0.2, 0) is 4.74 Å². The van der Waals surface area contributed by atoms with Gasteiger partial charge in [0.25, 0.3) is 0 Å². The fourth-order valence-electron chi connectivity index (χ4n) is 1.91. The number of ether oxygens (including phenoxy) is 1. The number of benzene rings is 1. The molecule has 1 fully saturated rings. The van der Waals surface area contributed by atoms with Gasteiger partial charge >= 0.3 is 0 Å². The summed E-state index contributed by atoms with van der Waals surface area (Å²) in [5.41, 5.74) is 0.757. The summed E-state index contributed by atoms with van der Waals surface area (Å²) in [4.78, 5) is 0. The molecule has 1 aliphatic heterocycles. The van der Waals surface area contributed by atoms with Crippen molar-refractivity contribution in [3.63, 3.8) is 0 Å². The molecule has 1 N–H and O–H groups in total. The third kappa shape index (κ3) is 2.60. The zero-order valence-corrected chi connectivity index (χ0v) is 9.79. The van der Waals surface area contributed by atoms with Gasteiger partial charge in [-0.25, -0.2) is 4.39 Å². The van der Waals surface area contributed by atoms with E-state index in [0.29, 0.717) is 18.7 Å². The molecule has 0 amide bonds. The van der Waals surface area contributed by atoms with Crippen LogP contribution in [0.4, 0.5) is 4.39 Å². The van der Waals surface area contributed by atoms with Crippen molar-refractivity contribution in [3.05, 3.63) is 35.6 Å². The minimum atomic E-state index is -0.186. The summed E-state index contributed by atoms with van der Waals surface area (Å²) in [6.45, 7) is 6.51. The van der Waals surface area contributed by atoms with Crippen LogP contribution in [0.5, 0.6) is 0 Å². The Morgan fingerprint density at radius 2 is 2.12 bits per heavy atom. The Morgan fingerprint density at radius 1 is 1.38 bits per heavy atom. The number of rotatable bonds is 1. The van der Waals surface area contributed by atoms with E-state index < -0.39 is 0 Å². The second kappa shape index (κ2) is 4.52. The molecule has 1 aliphatic rings. The summed E-state index contributed by atoms with van der Waals surface area (Å²) < 4.78 is 19.4. The quantitative estimate of drug-likeness (QED) is 0.790. The van der Waals surface area contributed by atoms with Crippen molar-refractivity contribution in [1.29, 1.82) is 0 Å². The predicted octanol–water partition coefficient (Wildman–Crippen LogP) is 2.51. The van der Waals surface area contributed by atoms with Gasteiger partial charge in [0.05, 0.1) is 12.7 Å². The third-order valence-corrected chi connectivity index (χ3v) is 2.86. The second-order valence-corrected chi connectivity index (χ2v) is 5.12. The summed E-state index contributed by atoms with van der Waals surface area (Å²) in [5.74, 6) is -0.186. The Morgan fingerprint density at radius 3 is 2.88 bits per heavy atom. The van der Waals surface area contributed by atoms with Crippen LogP contribution in [0.15, 0.2) is 24.3 Å². The van der Waals surface area contributed by atoms with Crippen molar-refractivity contribution in [1.82, 2.24) is 5.32 Å². The van der Waals surface area contributed by atoms with Gasteiger partial charge < -0.3 is 10.1 Å². The lowest BCUT2D eigenvalue weighted by Gasteiger charge is -2.21. The molecule has 1 aromatic rings. The van der Waals surface area contributed by atoms with E-state index in [-0.39, 0.29) is 17.3 Å². The van der Waals surface area contributed by atoms with Crippen LogP contribution in [0.25, 0.3) is 0 Å². The van der Waals surface area contributed by atoms with Gasteiger partial charge in [-0.1, -0.05) is 32.0 Å². The molecule has 0 aromatic heterocycles. The molecule has 1 aromatic carbocycles. The Hall–Kier alpha value is -0.930. The van der Waals surface area contributed by atoms with E-state index in [1.807, 2.05) is 6.07 Å². The number of halogens is 1. The van der Waals surface area contributed by atoms with Crippen molar-refractivity contribution >= 4 is 0 Å². The van der Waals surface area contributed by atoms with Crippen molar-refractivity contribution in [2.24, 2.45) is 5.41 Å². The molecule has 0 saturated carbocycles. The Kier molecular flexibility index (Phi) is 3.26. The van der Waals surface area contributed by atoms with Crippen LogP contribution in [0.1, 0.15) is 25.5 Å². The normalized spacial score (nSPS) is 25.1. The van der Waals surface area contributed by atoms with E-state index in [4.69, 9.17) is 4.74 Å². The monoisotopic (exact) mass is 223 g/mol. The van der Waals surface area contributed by atoms with E-state index in [1.54, 1.807) is 12.1 Å². The maximum absolute atomic E-state index is 13.6. The van der Waals surface area contributed by atoms with E-state index in [2.05, 4.69) is 19.2 Å². The predicted molar refractivity (Wildman–Crippen MR) is 61.7 cm³/mol. The highest BCUT2D eigenvalue weighted by molar-refractivity contribution is 5.20. The molecule has 0 bridgehead atoms. The topological polar surface area (TPSA) is 21.3 Å². The van der Waals surface area contributed by atoms with Gasteiger partial charge in [0, 0.05) is 24.1 Å². The zero-order valence-electron chi connectivity index (χ0n) is 9.79. The minimum absolute atomic E-state index is 0.111. The van der Waals surface area contributed by atoms with Crippen LogP contribution >= 0.6 is 0 Å². The second-order valence-electron chi connectivity index (χ2n) is 5.12. The highest BCUT2D eigenvalue weighted by Crippen LogP contribution is 2.26. The summed E-state index contributed by atoms with van der Waals surface area (Å²) in [7, 11) is 0. The molecule has 0 radical (unpaired) electrons. The third-order valence-electron chi connectivity index (χ3n) is 2.86. The molecule has 16 heavy (non-hydrogen) atoms. The molecule has 88 valence electrons. The molecule has 2 rings (SSSR count). The van der Waals surface area contributed by atoms with Crippen LogP contribution < -0.4 is 5.32 Å². The minimum Gasteiger partial charge on any atom is -0.371 e. The average molecular weight is 223 g/mol. The number of nitrogens with one attached hydrogen (secondary N) is 1. The van der Waals surface area contributed by atoms with Crippen LogP contribution in [-0.4, -0.2) is 19.7 Å². The van der Waals surface area contributed by atoms with Gasteiger partial charge in [0.1, 0.15) is 5.82 Å². The van der Waals surface area contributed by atoms with Gasteiger partial charge in [-0.05, 0) is 6.07 Å². The summed E-state index contributed by atoms with van der Waals surface area (Å²) in [6, 6.07) is 6.82. The summed E-state index contributed by atoms with van der Waals surface area (Å²) in [5, 5.41) is 3.32. The molecule has 0 spiro atoms. The largest absolute Gasteiger partial charge is 0.371 e. The van der Waals surface area contributed by atoms with Gasteiger partial charge in [0.15, 0.2) is 0 Å². The highest BCUT2D eigenvalue weighted by atomic mass is 19.1. The number of hydrogen-bond donors (Lipinski definition) is 1. The van der Waals surface area contributed by atoms with Crippen molar-refractivity contribution < 1.29 is 9.13 Å². The SMILES string of the molecule is CC1(C)CNCC(c2ccccc2F)OC1. The summed E-state index contributed by atoms with van der Waals surface area (Å²) in [6.07, 6.45) is -0.178. The highest BCUT2D eigenvalue weighted by Gasteiger charge is 2.26. The molecule has 1 unspecified atom stereocenters. The van der Waals surface area contributed by atoms with Gasteiger partial charge in [-0.3, -0.25) is 0 Å². The van der Waals surface area contributed by atoms with Gasteiger partial charge in [-0.2, -0.15) is 0 Å². The van der Waals surface area contributed by atoms with Crippen molar-refractivity contribution in [3.8, 4) is 0 Å². The molecule has 1 heterocycles. The first kappa shape index (κ1) is 11.6. The molecule has 1 atom stereocenters. The fraction of sp³-hybridized carbons (Fsp3) is 0.538. The zero-order chi connectivity index (χ0) is 11.6. The van der Waals surface area contributed by atoms with Crippen LogP contribution in [0.2, 0.25) is 0 Å². The van der Waals surface area contributed by atoms with Crippen molar-refractivity contribution in [2.45, 2.75) is 20.0 Å². The maximum Gasteiger partial charge on any atom is 0.129 e. The van der Waals surface area contributed by atoms with E-state index >= 15 is 0 Å². The molecule has 1 saturated heterocycles. The Labute approximate surface area is 95.8 Å². The maximum atomic E-state index is 13.6. The number of hydrogen-bond acceptors (Lipinski definition) is 2. The molecule has 2 nitrogen and oxygen atoms in total. The van der Waals surface area contributed by atoms with E-state index in [0.717, 1.165) is 6.54 Å². The molecular weight excluding hydrogens is 205 g/mol. The Bertz CT molecular complexity index is 365. The first-order valence-electron chi connectivity index (χ1n) is 5.65. The van der Waals surface area contributed by atoms with E-state index in [9.17, 15) is 4.39 Å². The first-order valence-corrected chi connectivity index (χ1v) is 5.65. The lowest BCUT2D eigenvalue weighted by atomic mass is 9.95. The fourth-order valence-corrected chi connectivity index (χ4v) is 1.91. The first-order chi connectivity index (χ1) is 7.58. The average Bonchev–Trinajstić information content (AvgIpc) is 2.40. The van der Waals surface area contributed by atoms with E-state index in [1.165, 1.54) is 6.07 Å². The molecule has 0 aliphatic carbocycles. The lowest BCUT2D eigenvalue weighted by molar-refractivity contribution is 0.0242. The van der Waals surface area contributed by atoms with Crippen LogP contribution in [0.3, 0.4) is 0 Å². The molecule has 3 heteroatoms. The standard InChI is InChI=1S/C13H18FNO/c1-13(2)8-15-7-12(16-9-13)10-5-3-4-6-11(10)14/h3-6,12,15H,7-9H2,1-2H3. The van der Waals surface area contributed by atoms with Crippen LogP contribution in [0, 0.1) is 11.2 Å². The van der Waals surface area contributed by atoms with Gasteiger partial charge in [0.2, 0.25) is 0 Å². The smallest absolute Gasteiger partial charge is 0.129 e. The van der Waals surface area contributed by atoms with Gasteiger partial charge in [-0.15, -0.1) is 0 Å². The van der Waals surface area contributed by atoms with Crippen molar-refractivity contribution in [2.75, 3.05) is 19.7 Å². The Balaban J connectivity index is 2.14. The molecular formula is C13H18FNO.